The number of hydrogen-bond donors (Lipinski definition) is 1. The summed E-state index contributed by atoms with van der Waals surface area (Å²) in [5.74, 6) is 0. The highest BCUT2D eigenvalue weighted by Gasteiger charge is 2.03. The summed E-state index contributed by atoms with van der Waals surface area (Å²) in [6, 6.07) is 7.61. The van der Waals surface area contributed by atoms with E-state index in [9.17, 15) is 0 Å². The van der Waals surface area contributed by atoms with E-state index in [0.717, 1.165) is 16.4 Å². The van der Waals surface area contributed by atoms with Gasteiger partial charge < -0.3 is 5.32 Å². The molecule has 5 heteroatoms. The first kappa shape index (κ1) is 10.5. The first-order chi connectivity index (χ1) is 7.29. The summed E-state index contributed by atoms with van der Waals surface area (Å²) < 4.78 is 0. The molecule has 1 aromatic heterocycles. The lowest BCUT2D eigenvalue weighted by Gasteiger charge is -1.96. The quantitative estimate of drug-likeness (QED) is 0.843. The molecule has 0 aliphatic carbocycles. The first-order valence-corrected chi connectivity index (χ1v) is 5.94. The highest BCUT2D eigenvalue weighted by atomic mass is 35.5. The van der Waals surface area contributed by atoms with Gasteiger partial charge in [-0.3, -0.25) is 0 Å². The van der Waals surface area contributed by atoms with Gasteiger partial charge in [0.25, 0.3) is 0 Å². The molecular weight excluding hydrogens is 248 g/mol. The third-order valence-corrected chi connectivity index (χ3v) is 2.93. The number of nitrogens with zero attached hydrogens (tertiary/aromatic N) is 1. The van der Waals surface area contributed by atoms with Crippen LogP contribution in [0.5, 0.6) is 0 Å². The van der Waals surface area contributed by atoms with Crippen LogP contribution >= 0.6 is 35.2 Å². The normalized spacial score (nSPS) is 9.93. The maximum absolute atomic E-state index is 5.90. The van der Waals surface area contributed by atoms with Gasteiger partial charge in [0, 0.05) is 16.0 Å². The fourth-order valence-corrected chi connectivity index (χ4v) is 2.24. The van der Waals surface area contributed by atoms with Gasteiger partial charge in [0.05, 0.1) is 11.2 Å². The van der Waals surface area contributed by atoms with Crippen LogP contribution in [0.4, 0.5) is 5.13 Å². The molecular formula is C10H7ClN2S2. The Morgan fingerprint density at radius 1 is 1.47 bits per heavy atom. The van der Waals surface area contributed by atoms with E-state index >= 15 is 0 Å². The van der Waals surface area contributed by atoms with E-state index < -0.39 is 0 Å². The fourth-order valence-electron chi connectivity index (χ4n) is 1.17. The van der Waals surface area contributed by atoms with Crippen molar-refractivity contribution in [3.05, 3.63) is 34.7 Å². The predicted molar refractivity (Wildman–Crippen MR) is 69.8 cm³/mol. The molecule has 0 aliphatic heterocycles. The van der Waals surface area contributed by atoms with Crippen LogP contribution in [0.1, 0.15) is 0 Å². The molecule has 2 rings (SSSR count). The van der Waals surface area contributed by atoms with Crippen molar-refractivity contribution in [2.45, 2.75) is 0 Å². The summed E-state index contributed by atoms with van der Waals surface area (Å²) in [5.41, 5.74) is 3.36. The Balaban J connectivity index is 2.32. The number of thiocarbonyl (C=S) groups is 1. The van der Waals surface area contributed by atoms with Gasteiger partial charge in [-0.05, 0) is 12.1 Å². The van der Waals surface area contributed by atoms with Crippen molar-refractivity contribution in [1.29, 1.82) is 0 Å². The SMILES string of the molecule is S=CNc1nc(-c2cccc(Cl)c2)cs1. The lowest BCUT2D eigenvalue weighted by molar-refractivity contribution is 1.41. The maximum Gasteiger partial charge on any atom is 0.187 e. The van der Waals surface area contributed by atoms with Gasteiger partial charge in [-0.2, -0.15) is 0 Å². The van der Waals surface area contributed by atoms with E-state index in [2.05, 4.69) is 10.3 Å². The van der Waals surface area contributed by atoms with Crippen LogP contribution in [0.3, 0.4) is 0 Å². The van der Waals surface area contributed by atoms with Crippen molar-refractivity contribution < 1.29 is 0 Å². The third-order valence-electron chi connectivity index (χ3n) is 1.81. The third kappa shape index (κ3) is 2.53. The average molecular weight is 255 g/mol. The summed E-state index contributed by atoms with van der Waals surface area (Å²) in [4.78, 5) is 4.36. The molecule has 1 aromatic carbocycles. The molecule has 15 heavy (non-hydrogen) atoms. The van der Waals surface area contributed by atoms with Crippen LogP contribution in [0, 0.1) is 0 Å². The molecule has 0 saturated heterocycles. The lowest BCUT2D eigenvalue weighted by Crippen LogP contribution is -1.90. The summed E-state index contributed by atoms with van der Waals surface area (Å²) in [5, 5.41) is 6.35. The Morgan fingerprint density at radius 3 is 3.07 bits per heavy atom. The van der Waals surface area contributed by atoms with E-state index in [-0.39, 0.29) is 0 Å². The van der Waals surface area contributed by atoms with Crippen LogP contribution in [-0.2, 0) is 0 Å². The highest BCUT2D eigenvalue weighted by molar-refractivity contribution is 7.79. The molecule has 0 aliphatic rings. The van der Waals surface area contributed by atoms with Gasteiger partial charge in [-0.1, -0.05) is 36.0 Å². The van der Waals surface area contributed by atoms with E-state index in [1.54, 1.807) is 0 Å². The predicted octanol–water partition coefficient (Wildman–Crippen LogP) is 3.83. The van der Waals surface area contributed by atoms with Gasteiger partial charge in [0.1, 0.15) is 0 Å². The molecule has 2 aromatic rings. The molecule has 0 unspecified atom stereocenters. The number of nitrogens with one attached hydrogen (secondary N) is 1. The molecule has 0 saturated carbocycles. The number of benzene rings is 1. The smallest absolute Gasteiger partial charge is 0.187 e. The van der Waals surface area contributed by atoms with Gasteiger partial charge >= 0.3 is 0 Å². The van der Waals surface area contributed by atoms with Crippen molar-refractivity contribution in [2.75, 3.05) is 5.32 Å². The van der Waals surface area contributed by atoms with E-state index in [1.165, 1.54) is 16.8 Å². The van der Waals surface area contributed by atoms with Crippen molar-refractivity contribution in [1.82, 2.24) is 4.98 Å². The number of thiazole rings is 1. The number of rotatable bonds is 3. The second-order valence-corrected chi connectivity index (χ2v) is 4.34. The first-order valence-electron chi connectivity index (χ1n) is 4.21. The van der Waals surface area contributed by atoms with Crippen molar-refractivity contribution >= 4 is 45.8 Å². The Kier molecular flexibility index (Phi) is 3.30. The molecule has 0 spiro atoms. The lowest BCUT2D eigenvalue weighted by atomic mass is 10.2. The van der Waals surface area contributed by atoms with E-state index in [1.807, 2.05) is 29.6 Å². The van der Waals surface area contributed by atoms with Gasteiger partial charge in [-0.25, -0.2) is 4.98 Å². The zero-order chi connectivity index (χ0) is 10.7. The largest absolute Gasteiger partial charge is 0.329 e. The Bertz CT molecular complexity index is 482. The molecule has 0 bridgehead atoms. The molecule has 1 N–H and O–H groups in total. The summed E-state index contributed by atoms with van der Waals surface area (Å²) in [7, 11) is 0. The number of anilines is 1. The molecule has 0 fully saturated rings. The molecule has 0 atom stereocenters. The maximum atomic E-state index is 5.90. The minimum atomic E-state index is 0.713. The Hall–Kier alpha value is -0.970. The van der Waals surface area contributed by atoms with Gasteiger partial charge in [0.2, 0.25) is 0 Å². The fraction of sp³-hybridized carbons (Fsp3) is 0. The van der Waals surface area contributed by atoms with Crippen LogP contribution in [-0.4, -0.2) is 10.5 Å². The van der Waals surface area contributed by atoms with Crippen LogP contribution < -0.4 is 5.32 Å². The van der Waals surface area contributed by atoms with Crippen LogP contribution in [0.2, 0.25) is 5.02 Å². The Morgan fingerprint density at radius 2 is 2.33 bits per heavy atom. The number of halogens is 1. The molecule has 0 radical (unpaired) electrons. The minimum absolute atomic E-state index is 0.713. The van der Waals surface area contributed by atoms with Crippen LogP contribution in [0.25, 0.3) is 11.3 Å². The number of aromatic nitrogens is 1. The van der Waals surface area contributed by atoms with E-state index in [0.29, 0.717) is 5.02 Å². The van der Waals surface area contributed by atoms with Gasteiger partial charge in [-0.15, -0.1) is 11.3 Å². The average Bonchev–Trinajstić information content (AvgIpc) is 2.67. The topological polar surface area (TPSA) is 24.9 Å². The Labute approximate surface area is 102 Å². The molecule has 1 heterocycles. The monoisotopic (exact) mass is 254 g/mol. The van der Waals surface area contributed by atoms with Crippen molar-refractivity contribution in [3.8, 4) is 11.3 Å². The zero-order valence-electron chi connectivity index (χ0n) is 7.61. The molecule has 0 amide bonds. The summed E-state index contributed by atoms with van der Waals surface area (Å²) >= 11 is 12.1. The number of hydrogen-bond acceptors (Lipinski definition) is 3. The summed E-state index contributed by atoms with van der Waals surface area (Å²) in [6.07, 6.45) is 0. The van der Waals surface area contributed by atoms with Crippen molar-refractivity contribution in [3.63, 3.8) is 0 Å². The highest BCUT2D eigenvalue weighted by Crippen LogP contribution is 2.26. The second-order valence-electron chi connectivity index (χ2n) is 2.81. The molecule has 76 valence electrons. The van der Waals surface area contributed by atoms with Crippen molar-refractivity contribution in [2.24, 2.45) is 0 Å². The van der Waals surface area contributed by atoms with Crippen LogP contribution in [0.15, 0.2) is 29.6 Å². The molecule has 2 nitrogen and oxygen atoms in total. The minimum Gasteiger partial charge on any atom is -0.329 e. The summed E-state index contributed by atoms with van der Waals surface area (Å²) in [6.45, 7) is 0. The van der Waals surface area contributed by atoms with E-state index in [4.69, 9.17) is 23.8 Å². The second kappa shape index (κ2) is 4.70. The van der Waals surface area contributed by atoms with Gasteiger partial charge in [0.15, 0.2) is 5.13 Å². The zero-order valence-corrected chi connectivity index (χ0v) is 9.99. The standard InChI is InChI=1S/C10H7ClN2S2/c11-8-3-1-2-7(4-8)9-5-15-10(13-9)12-6-14/h1-6H,(H,12,13,14).